The van der Waals surface area contributed by atoms with E-state index in [0.29, 0.717) is 6.07 Å². The van der Waals surface area contributed by atoms with Crippen LogP contribution in [0.3, 0.4) is 0 Å². The van der Waals surface area contributed by atoms with Crippen molar-refractivity contribution in [1.82, 2.24) is 4.98 Å². The molecule has 0 aliphatic heterocycles. The first kappa shape index (κ1) is 16.1. The third kappa shape index (κ3) is 3.55. The number of hydrogen-bond acceptors (Lipinski definition) is 4. The van der Waals surface area contributed by atoms with Crippen molar-refractivity contribution in [2.45, 2.75) is 19.0 Å². The van der Waals surface area contributed by atoms with Crippen LogP contribution in [0.25, 0.3) is 0 Å². The second-order valence-electron chi connectivity index (χ2n) is 3.64. The Balaban J connectivity index is 3.42. The molecular weight excluding hydrogens is 289 g/mol. The van der Waals surface area contributed by atoms with Gasteiger partial charge in [-0.3, -0.25) is 4.79 Å². The highest BCUT2D eigenvalue weighted by atomic mass is 19.4. The van der Waals surface area contributed by atoms with Gasteiger partial charge in [0, 0.05) is 5.56 Å². The molecule has 0 bridgehead atoms. The number of pyridine rings is 1. The van der Waals surface area contributed by atoms with E-state index in [9.17, 15) is 26.7 Å². The van der Waals surface area contributed by atoms with Crippen molar-refractivity contribution in [3.63, 3.8) is 0 Å². The van der Waals surface area contributed by atoms with E-state index in [4.69, 9.17) is 0 Å². The lowest BCUT2D eigenvalue weighted by Crippen LogP contribution is -2.15. The van der Waals surface area contributed by atoms with Crippen LogP contribution in [0.4, 0.5) is 22.0 Å². The Morgan fingerprint density at radius 2 is 1.95 bits per heavy atom. The topological polar surface area (TPSA) is 48.4 Å². The molecule has 1 heterocycles. The predicted molar refractivity (Wildman–Crippen MR) is 56.5 cm³/mol. The normalized spacial score (nSPS) is 11.6. The van der Waals surface area contributed by atoms with Crippen LogP contribution in [0, 0.1) is 0 Å². The van der Waals surface area contributed by atoms with Gasteiger partial charge in [0.1, 0.15) is 5.69 Å². The molecule has 0 radical (unpaired) electrons. The van der Waals surface area contributed by atoms with Crippen molar-refractivity contribution in [3.05, 3.63) is 22.9 Å². The van der Waals surface area contributed by atoms with E-state index < -0.39 is 42.1 Å². The van der Waals surface area contributed by atoms with E-state index in [1.807, 2.05) is 0 Å². The standard InChI is InChI=1S/C11H10F5NO3/c1-19-7(18)4-5-3-6(11(14,15)16)8(9(12)13)17-10(5)20-2/h3,9H,4H2,1-2H3. The van der Waals surface area contributed by atoms with Crippen LogP contribution in [0.15, 0.2) is 6.07 Å². The average Bonchev–Trinajstić information content (AvgIpc) is 2.36. The van der Waals surface area contributed by atoms with E-state index in [-0.39, 0.29) is 5.56 Å². The number of aromatic nitrogens is 1. The molecule has 0 spiro atoms. The van der Waals surface area contributed by atoms with E-state index in [2.05, 4.69) is 14.5 Å². The SMILES string of the molecule is COC(=O)Cc1cc(C(F)(F)F)c(C(F)F)nc1OC. The summed E-state index contributed by atoms with van der Waals surface area (Å²) in [5, 5.41) is 0. The van der Waals surface area contributed by atoms with Gasteiger partial charge >= 0.3 is 12.1 Å². The maximum Gasteiger partial charge on any atom is 0.418 e. The summed E-state index contributed by atoms with van der Waals surface area (Å²) < 4.78 is 72.3. The first-order chi connectivity index (χ1) is 9.20. The van der Waals surface area contributed by atoms with Crippen molar-refractivity contribution < 1.29 is 36.2 Å². The van der Waals surface area contributed by atoms with Gasteiger partial charge in [-0.2, -0.15) is 13.2 Å². The van der Waals surface area contributed by atoms with Gasteiger partial charge in [0.25, 0.3) is 6.43 Å². The molecule has 20 heavy (non-hydrogen) atoms. The van der Waals surface area contributed by atoms with Gasteiger partial charge in [0.2, 0.25) is 5.88 Å². The molecule has 0 aromatic carbocycles. The second kappa shape index (κ2) is 6.02. The molecule has 0 fully saturated rings. The van der Waals surface area contributed by atoms with Gasteiger partial charge in [0.15, 0.2) is 0 Å². The number of alkyl halides is 5. The molecule has 4 nitrogen and oxygen atoms in total. The van der Waals surface area contributed by atoms with Gasteiger partial charge in [-0.25, -0.2) is 13.8 Å². The number of nitrogens with zero attached hydrogens (tertiary/aromatic N) is 1. The number of hydrogen-bond donors (Lipinski definition) is 0. The van der Waals surface area contributed by atoms with Crippen molar-refractivity contribution in [2.24, 2.45) is 0 Å². The lowest BCUT2D eigenvalue weighted by molar-refractivity contribution is -0.141. The maximum atomic E-state index is 12.7. The Kier molecular flexibility index (Phi) is 4.85. The molecule has 0 unspecified atom stereocenters. The lowest BCUT2D eigenvalue weighted by atomic mass is 10.1. The van der Waals surface area contributed by atoms with Crippen molar-refractivity contribution in [3.8, 4) is 5.88 Å². The summed E-state index contributed by atoms with van der Waals surface area (Å²) in [6.45, 7) is 0. The number of carbonyl (C=O) groups excluding carboxylic acids is 1. The van der Waals surface area contributed by atoms with Crippen LogP contribution in [-0.4, -0.2) is 25.2 Å². The van der Waals surface area contributed by atoms with Gasteiger partial charge < -0.3 is 9.47 Å². The monoisotopic (exact) mass is 299 g/mol. The molecule has 0 amide bonds. The largest absolute Gasteiger partial charge is 0.481 e. The van der Waals surface area contributed by atoms with Crippen molar-refractivity contribution >= 4 is 5.97 Å². The third-order valence-electron chi connectivity index (χ3n) is 2.36. The van der Waals surface area contributed by atoms with Crippen LogP contribution in [0.5, 0.6) is 5.88 Å². The minimum atomic E-state index is -5.02. The molecular formula is C11H10F5NO3. The molecule has 0 saturated heterocycles. The van der Waals surface area contributed by atoms with Crippen LogP contribution in [0.1, 0.15) is 23.2 Å². The fourth-order valence-electron chi connectivity index (χ4n) is 1.48. The summed E-state index contributed by atoms with van der Waals surface area (Å²) in [4.78, 5) is 14.2. The minimum absolute atomic E-state index is 0.281. The van der Waals surface area contributed by atoms with E-state index >= 15 is 0 Å². The first-order valence-electron chi connectivity index (χ1n) is 5.20. The van der Waals surface area contributed by atoms with Gasteiger partial charge in [-0.15, -0.1) is 0 Å². The van der Waals surface area contributed by atoms with Crippen LogP contribution in [0.2, 0.25) is 0 Å². The summed E-state index contributed by atoms with van der Waals surface area (Å²) in [6.07, 6.45) is -9.01. The fourth-order valence-corrected chi connectivity index (χ4v) is 1.48. The molecule has 9 heteroatoms. The maximum absolute atomic E-state index is 12.7. The number of methoxy groups -OCH3 is 2. The Bertz CT molecular complexity index is 502. The summed E-state index contributed by atoms with van der Waals surface area (Å²) in [5.41, 5.74) is -3.33. The molecule has 0 aliphatic carbocycles. The highest BCUT2D eigenvalue weighted by Crippen LogP contribution is 2.38. The van der Waals surface area contributed by atoms with E-state index in [1.165, 1.54) is 0 Å². The highest BCUT2D eigenvalue weighted by molar-refractivity contribution is 5.73. The zero-order chi connectivity index (χ0) is 15.5. The van der Waals surface area contributed by atoms with E-state index in [1.54, 1.807) is 0 Å². The average molecular weight is 299 g/mol. The first-order valence-corrected chi connectivity index (χ1v) is 5.20. The number of rotatable bonds is 4. The molecule has 1 aromatic rings. The molecule has 0 saturated carbocycles. The Morgan fingerprint density at radius 1 is 1.35 bits per heavy atom. The number of ether oxygens (including phenoxy) is 2. The predicted octanol–water partition coefficient (Wildman–Crippen LogP) is 2.76. The van der Waals surface area contributed by atoms with Crippen molar-refractivity contribution in [2.75, 3.05) is 14.2 Å². The van der Waals surface area contributed by atoms with Crippen LogP contribution in [-0.2, 0) is 22.1 Å². The number of esters is 1. The number of halogens is 5. The highest BCUT2D eigenvalue weighted by Gasteiger charge is 2.38. The Morgan fingerprint density at radius 3 is 2.35 bits per heavy atom. The number of carbonyl (C=O) groups is 1. The summed E-state index contributed by atoms with van der Waals surface area (Å²) in [6, 6.07) is 0.421. The lowest BCUT2D eigenvalue weighted by Gasteiger charge is -2.15. The molecule has 0 N–H and O–H groups in total. The van der Waals surface area contributed by atoms with Gasteiger partial charge in [0.05, 0.1) is 26.2 Å². The zero-order valence-corrected chi connectivity index (χ0v) is 10.4. The third-order valence-corrected chi connectivity index (χ3v) is 2.36. The molecule has 1 rings (SSSR count). The van der Waals surface area contributed by atoms with Crippen LogP contribution < -0.4 is 4.74 Å². The van der Waals surface area contributed by atoms with E-state index in [0.717, 1.165) is 14.2 Å². The molecule has 1 aromatic heterocycles. The molecule has 0 atom stereocenters. The smallest absolute Gasteiger partial charge is 0.418 e. The fraction of sp³-hybridized carbons (Fsp3) is 0.455. The Labute approximate surface area is 110 Å². The van der Waals surface area contributed by atoms with Crippen molar-refractivity contribution in [1.29, 1.82) is 0 Å². The van der Waals surface area contributed by atoms with Crippen LogP contribution >= 0.6 is 0 Å². The molecule has 112 valence electrons. The summed E-state index contributed by atoms with van der Waals surface area (Å²) in [5.74, 6) is -1.32. The Hall–Kier alpha value is -1.93. The minimum Gasteiger partial charge on any atom is -0.481 e. The van der Waals surface area contributed by atoms with Gasteiger partial charge in [-0.05, 0) is 6.07 Å². The quantitative estimate of drug-likeness (QED) is 0.633. The summed E-state index contributed by atoms with van der Waals surface area (Å²) >= 11 is 0. The summed E-state index contributed by atoms with van der Waals surface area (Å²) in [7, 11) is 2.09. The van der Waals surface area contributed by atoms with Gasteiger partial charge in [-0.1, -0.05) is 0 Å². The zero-order valence-electron chi connectivity index (χ0n) is 10.4. The second-order valence-corrected chi connectivity index (χ2v) is 3.64. The molecule has 0 aliphatic rings.